The van der Waals surface area contributed by atoms with E-state index in [1.807, 2.05) is 44.2 Å². The molecule has 0 aromatic heterocycles. The molecular weight excluding hydrogens is 548 g/mol. The van der Waals surface area contributed by atoms with Crippen LogP contribution in [0.3, 0.4) is 0 Å². The first-order valence-electron chi connectivity index (χ1n) is 13.0. The third-order valence-electron chi connectivity index (χ3n) is 6.96. The summed E-state index contributed by atoms with van der Waals surface area (Å²) in [4.78, 5) is 0.107. The summed E-state index contributed by atoms with van der Waals surface area (Å²) in [7, 11) is -6.37. The second-order valence-electron chi connectivity index (χ2n) is 10.1. The number of hydrogen-bond donors (Lipinski definition) is 1. The number of likely N-dealkylation sites (N-methyl/N-ethyl adjacent to an activating group) is 1. The Morgan fingerprint density at radius 1 is 1.05 bits per heavy atom. The summed E-state index contributed by atoms with van der Waals surface area (Å²) in [5.41, 5.74) is 2.30. The first-order valence-corrected chi connectivity index (χ1v) is 15.8. The van der Waals surface area contributed by atoms with E-state index in [0.29, 0.717) is 5.56 Å². The second kappa shape index (κ2) is 12.1. The van der Waals surface area contributed by atoms with Crippen molar-refractivity contribution >= 4 is 20.0 Å². The third kappa shape index (κ3) is 6.40. The lowest BCUT2D eigenvalue weighted by molar-refractivity contribution is 0.0904. The molecule has 1 N–H and O–H groups in total. The lowest BCUT2D eigenvalue weighted by Crippen LogP contribution is -2.50. The van der Waals surface area contributed by atoms with Gasteiger partial charge in [-0.2, -0.15) is 8.61 Å². The zero-order chi connectivity index (χ0) is 29.1. The summed E-state index contributed by atoms with van der Waals surface area (Å²) >= 11 is 0. The summed E-state index contributed by atoms with van der Waals surface area (Å²) in [6, 6.07) is 20.0. The van der Waals surface area contributed by atoms with Crippen LogP contribution in [0.1, 0.15) is 30.5 Å². The summed E-state index contributed by atoms with van der Waals surface area (Å²) in [6.45, 7) is 4.99. The smallest absolute Gasteiger partial charge is 0.247 e. The van der Waals surface area contributed by atoms with Crippen LogP contribution in [0.5, 0.6) is 5.75 Å². The number of aryl methyl sites for hydroxylation is 1. The quantitative estimate of drug-likeness (QED) is 0.447. The molecule has 0 saturated carbocycles. The van der Waals surface area contributed by atoms with E-state index in [1.54, 1.807) is 43.3 Å². The Morgan fingerprint density at radius 2 is 1.70 bits per heavy atom. The maximum atomic E-state index is 13.7. The Morgan fingerprint density at radius 3 is 2.35 bits per heavy atom. The molecule has 10 heteroatoms. The number of aliphatic hydroxyl groups is 1. The fourth-order valence-corrected chi connectivity index (χ4v) is 7.44. The number of fused-ring (bicyclic) bond motifs is 1. The predicted octanol–water partition coefficient (Wildman–Crippen LogP) is 3.48. The van der Waals surface area contributed by atoms with Gasteiger partial charge < -0.3 is 9.84 Å². The molecule has 212 valence electrons. The van der Waals surface area contributed by atoms with Crippen molar-refractivity contribution in [2.45, 2.75) is 42.7 Å². The Bertz CT molecular complexity index is 1610. The average Bonchev–Trinajstić information content (AvgIpc) is 2.94. The summed E-state index contributed by atoms with van der Waals surface area (Å²) in [5.74, 6) is 5.79. The zero-order valence-electron chi connectivity index (χ0n) is 23.0. The fraction of sp³-hybridized carbons (Fsp3) is 0.333. The molecule has 0 fully saturated rings. The van der Waals surface area contributed by atoms with Crippen LogP contribution in [-0.2, 0) is 20.0 Å². The highest BCUT2D eigenvalue weighted by atomic mass is 32.2. The highest BCUT2D eigenvalue weighted by Crippen LogP contribution is 2.34. The van der Waals surface area contributed by atoms with Crippen molar-refractivity contribution in [1.82, 2.24) is 8.61 Å². The van der Waals surface area contributed by atoms with Gasteiger partial charge in [0.15, 0.2) is 0 Å². The Hall–Kier alpha value is -3.20. The largest absolute Gasteiger partial charge is 0.487 e. The van der Waals surface area contributed by atoms with Gasteiger partial charge in [0.05, 0.1) is 18.0 Å². The number of nitrogens with zero attached hydrogens (tertiary/aromatic N) is 2. The van der Waals surface area contributed by atoms with Gasteiger partial charge in [-0.25, -0.2) is 16.8 Å². The summed E-state index contributed by atoms with van der Waals surface area (Å²) in [6.07, 6.45) is -0.690. The number of benzene rings is 3. The summed E-state index contributed by atoms with van der Waals surface area (Å²) in [5, 5.41) is 9.86. The van der Waals surface area contributed by atoms with E-state index < -0.39 is 38.1 Å². The second-order valence-corrected chi connectivity index (χ2v) is 14.0. The Kier molecular flexibility index (Phi) is 9.02. The van der Waals surface area contributed by atoms with Crippen molar-refractivity contribution in [1.29, 1.82) is 0 Å². The van der Waals surface area contributed by atoms with Gasteiger partial charge in [-0.05, 0) is 56.3 Å². The third-order valence-corrected chi connectivity index (χ3v) is 10.8. The van der Waals surface area contributed by atoms with Gasteiger partial charge in [-0.15, -0.1) is 0 Å². The Labute approximate surface area is 237 Å². The van der Waals surface area contributed by atoms with E-state index in [1.165, 1.54) is 21.7 Å². The van der Waals surface area contributed by atoms with Gasteiger partial charge in [0.2, 0.25) is 20.0 Å². The molecule has 3 aromatic carbocycles. The molecule has 0 amide bonds. The lowest BCUT2D eigenvalue weighted by Gasteiger charge is -2.37. The zero-order valence-corrected chi connectivity index (χ0v) is 24.6. The minimum Gasteiger partial charge on any atom is -0.487 e. The van der Waals surface area contributed by atoms with Gasteiger partial charge in [-0.1, -0.05) is 54.7 Å². The standard InChI is InChI=1S/C30H34N2O6S2/c1-22-10-15-27(16-11-22)39(34,35)31(4)20-29-23(2)19-32(24(3)21-33)40(36,37)30-17-14-26(18-28(30)38-29)13-12-25-8-6-5-7-9-25/h5-11,14-18,23-24,29,33H,19-21H2,1-4H3/t23-,24-,29+/m1/s1. The van der Waals surface area contributed by atoms with Gasteiger partial charge >= 0.3 is 0 Å². The van der Waals surface area contributed by atoms with Crippen molar-refractivity contribution < 1.29 is 26.7 Å². The van der Waals surface area contributed by atoms with E-state index in [-0.39, 0.29) is 35.2 Å². The van der Waals surface area contributed by atoms with Crippen molar-refractivity contribution in [3.8, 4) is 17.6 Å². The highest BCUT2D eigenvalue weighted by molar-refractivity contribution is 7.89. The van der Waals surface area contributed by atoms with Crippen LogP contribution < -0.4 is 4.74 Å². The van der Waals surface area contributed by atoms with Gasteiger partial charge in [0.1, 0.15) is 16.7 Å². The van der Waals surface area contributed by atoms with E-state index >= 15 is 0 Å². The number of aliphatic hydroxyl groups excluding tert-OH is 1. The number of rotatable bonds is 6. The normalized spacial score (nSPS) is 19.9. The van der Waals surface area contributed by atoms with E-state index in [2.05, 4.69) is 11.8 Å². The fourth-order valence-electron chi connectivity index (χ4n) is 4.43. The lowest BCUT2D eigenvalue weighted by atomic mass is 10.0. The van der Waals surface area contributed by atoms with Crippen LogP contribution in [0, 0.1) is 24.7 Å². The first kappa shape index (κ1) is 29.8. The molecule has 0 saturated heterocycles. The van der Waals surface area contributed by atoms with Crippen LogP contribution in [-0.4, -0.2) is 69.4 Å². The SMILES string of the molecule is Cc1ccc(S(=O)(=O)N(C)C[C@@H]2Oc3cc(C#Cc4ccccc4)ccc3S(=O)(=O)N([C@H](C)CO)C[C@H]2C)cc1. The van der Waals surface area contributed by atoms with Crippen molar-refractivity contribution in [2.75, 3.05) is 26.7 Å². The molecule has 1 heterocycles. The molecule has 0 radical (unpaired) electrons. The number of hydrogen-bond acceptors (Lipinski definition) is 6. The van der Waals surface area contributed by atoms with Crippen molar-refractivity contribution in [2.24, 2.45) is 5.92 Å². The maximum Gasteiger partial charge on any atom is 0.247 e. The monoisotopic (exact) mass is 582 g/mol. The van der Waals surface area contributed by atoms with Gasteiger partial charge in [0.25, 0.3) is 0 Å². The molecule has 3 aromatic rings. The van der Waals surface area contributed by atoms with Gasteiger partial charge in [0, 0.05) is 36.7 Å². The average molecular weight is 583 g/mol. The molecule has 40 heavy (non-hydrogen) atoms. The van der Waals surface area contributed by atoms with E-state index in [4.69, 9.17) is 4.74 Å². The minimum absolute atomic E-state index is 0.0157. The molecule has 0 aliphatic carbocycles. The van der Waals surface area contributed by atoms with Crippen LogP contribution in [0.25, 0.3) is 0 Å². The summed E-state index contributed by atoms with van der Waals surface area (Å²) < 4.78 is 62.9. The molecule has 4 rings (SSSR count). The predicted molar refractivity (Wildman–Crippen MR) is 154 cm³/mol. The van der Waals surface area contributed by atoms with Crippen molar-refractivity contribution in [3.05, 3.63) is 89.5 Å². The van der Waals surface area contributed by atoms with Gasteiger partial charge in [-0.3, -0.25) is 0 Å². The Balaban J connectivity index is 1.74. The van der Waals surface area contributed by atoms with E-state index in [0.717, 1.165) is 11.1 Å². The van der Waals surface area contributed by atoms with Crippen LogP contribution in [0.15, 0.2) is 82.6 Å². The minimum atomic E-state index is -4.03. The molecule has 8 nitrogen and oxygen atoms in total. The molecule has 1 aliphatic rings. The highest BCUT2D eigenvalue weighted by Gasteiger charge is 2.39. The molecular formula is C30H34N2O6S2. The van der Waals surface area contributed by atoms with Crippen LogP contribution >= 0.6 is 0 Å². The number of ether oxygens (including phenoxy) is 1. The van der Waals surface area contributed by atoms with Crippen LogP contribution in [0.4, 0.5) is 0 Å². The molecule has 3 atom stereocenters. The topological polar surface area (TPSA) is 104 Å². The molecule has 0 spiro atoms. The molecule has 0 unspecified atom stereocenters. The molecule has 1 aliphatic heterocycles. The number of sulfonamides is 2. The molecule has 0 bridgehead atoms. The maximum absolute atomic E-state index is 13.7. The first-order chi connectivity index (χ1) is 18.9. The van der Waals surface area contributed by atoms with Crippen molar-refractivity contribution in [3.63, 3.8) is 0 Å². The van der Waals surface area contributed by atoms with E-state index in [9.17, 15) is 21.9 Å². The van der Waals surface area contributed by atoms with Crippen LogP contribution in [0.2, 0.25) is 0 Å².